The van der Waals surface area contributed by atoms with E-state index in [0.29, 0.717) is 11.0 Å². The standard InChI is InChI=1S/C19H17N3O3S/c1-13(2)25-19-18(21-15-10-6-7-11-16(15)22-19)17(12-20)26(23,24)14-8-4-3-5-9-14/h3-11,13,17H,1-2H3/t17-/m1/s1. The van der Waals surface area contributed by atoms with Crippen LogP contribution in [0.25, 0.3) is 11.0 Å². The maximum absolute atomic E-state index is 13.0. The van der Waals surface area contributed by atoms with Gasteiger partial charge in [0.05, 0.1) is 28.1 Å². The summed E-state index contributed by atoms with van der Waals surface area (Å²) in [6.45, 7) is 3.60. The van der Waals surface area contributed by atoms with Crippen molar-refractivity contribution in [2.45, 2.75) is 30.1 Å². The van der Waals surface area contributed by atoms with Gasteiger partial charge in [0.2, 0.25) is 15.7 Å². The highest BCUT2D eigenvalue weighted by atomic mass is 32.2. The van der Waals surface area contributed by atoms with Gasteiger partial charge in [0, 0.05) is 0 Å². The maximum atomic E-state index is 13.0. The van der Waals surface area contributed by atoms with Gasteiger partial charge in [-0.1, -0.05) is 30.3 Å². The average Bonchev–Trinajstić information content (AvgIpc) is 2.62. The Labute approximate surface area is 152 Å². The molecule has 0 amide bonds. The molecule has 2 aromatic carbocycles. The highest BCUT2D eigenvalue weighted by Crippen LogP contribution is 2.33. The zero-order valence-electron chi connectivity index (χ0n) is 14.3. The smallest absolute Gasteiger partial charge is 0.239 e. The second-order valence-electron chi connectivity index (χ2n) is 5.94. The van der Waals surface area contributed by atoms with Crippen molar-refractivity contribution < 1.29 is 13.2 Å². The zero-order valence-corrected chi connectivity index (χ0v) is 15.1. The summed E-state index contributed by atoms with van der Waals surface area (Å²) in [5.74, 6) is 0.0600. The van der Waals surface area contributed by atoms with E-state index in [1.54, 1.807) is 56.3 Å². The van der Waals surface area contributed by atoms with E-state index in [2.05, 4.69) is 9.97 Å². The molecule has 0 aliphatic rings. The quantitative estimate of drug-likeness (QED) is 0.686. The predicted octanol–water partition coefficient (Wildman–Crippen LogP) is 3.46. The third-order valence-electron chi connectivity index (χ3n) is 3.66. The molecule has 3 rings (SSSR count). The molecule has 7 heteroatoms. The van der Waals surface area contributed by atoms with Crippen molar-refractivity contribution in [2.24, 2.45) is 0 Å². The van der Waals surface area contributed by atoms with E-state index in [-0.39, 0.29) is 22.6 Å². The first kappa shape index (κ1) is 17.8. The van der Waals surface area contributed by atoms with Crippen LogP contribution in [0.2, 0.25) is 0 Å². The third-order valence-corrected chi connectivity index (χ3v) is 5.54. The van der Waals surface area contributed by atoms with Crippen molar-refractivity contribution in [3.63, 3.8) is 0 Å². The summed E-state index contributed by atoms with van der Waals surface area (Å²) in [5.41, 5.74) is 1.08. The molecule has 0 N–H and O–H groups in total. The first-order valence-corrected chi connectivity index (χ1v) is 9.60. The van der Waals surface area contributed by atoms with Crippen LogP contribution < -0.4 is 4.74 Å². The molecular weight excluding hydrogens is 350 g/mol. The number of rotatable bonds is 5. The van der Waals surface area contributed by atoms with E-state index in [0.717, 1.165) is 0 Å². The Hall–Kier alpha value is -2.98. The van der Waals surface area contributed by atoms with Crippen LogP contribution in [0.4, 0.5) is 0 Å². The van der Waals surface area contributed by atoms with Crippen LogP contribution in [0.5, 0.6) is 5.88 Å². The van der Waals surface area contributed by atoms with Gasteiger partial charge in [0.25, 0.3) is 0 Å². The average molecular weight is 367 g/mol. The number of benzene rings is 2. The Bertz CT molecular complexity index is 1070. The van der Waals surface area contributed by atoms with Gasteiger partial charge >= 0.3 is 0 Å². The van der Waals surface area contributed by atoms with Crippen LogP contribution in [0.1, 0.15) is 24.8 Å². The minimum absolute atomic E-state index is 0.00348. The van der Waals surface area contributed by atoms with Crippen LogP contribution >= 0.6 is 0 Å². The van der Waals surface area contributed by atoms with E-state index in [9.17, 15) is 13.7 Å². The van der Waals surface area contributed by atoms with Gasteiger partial charge in [-0.25, -0.2) is 18.4 Å². The first-order chi connectivity index (χ1) is 12.4. The van der Waals surface area contributed by atoms with Crippen molar-refractivity contribution in [3.05, 3.63) is 60.3 Å². The molecule has 0 spiro atoms. The molecule has 1 atom stereocenters. The summed E-state index contributed by atoms with van der Waals surface area (Å²) in [7, 11) is -3.97. The van der Waals surface area contributed by atoms with Crippen molar-refractivity contribution in [1.82, 2.24) is 9.97 Å². The Morgan fingerprint density at radius 3 is 2.12 bits per heavy atom. The predicted molar refractivity (Wildman–Crippen MR) is 97.3 cm³/mol. The van der Waals surface area contributed by atoms with E-state index in [1.807, 2.05) is 6.07 Å². The molecule has 1 aromatic heterocycles. The van der Waals surface area contributed by atoms with Crippen molar-refractivity contribution in [3.8, 4) is 11.9 Å². The second-order valence-corrected chi connectivity index (χ2v) is 7.97. The summed E-state index contributed by atoms with van der Waals surface area (Å²) >= 11 is 0. The van der Waals surface area contributed by atoms with Gasteiger partial charge in [-0.3, -0.25) is 0 Å². The monoisotopic (exact) mass is 367 g/mol. The molecule has 0 bridgehead atoms. The van der Waals surface area contributed by atoms with Crippen LogP contribution in [-0.4, -0.2) is 24.5 Å². The van der Waals surface area contributed by atoms with E-state index < -0.39 is 15.1 Å². The Kier molecular flexibility index (Phi) is 4.87. The van der Waals surface area contributed by atoms with Crippen LogP contribution in [0.3, 0.4) is 0 Å². The Balaban J connectivity index is 2.22. The summed E-state index contributed by atoms with van der Waals surface area (Å²) in [6.07, 6.45) is -0.247. The number of ether oxygens (including phenoxy) is 1. The van der Waals surface area contributed by atoms with E-state index in [1.165, 1.54) is 12.1 Å². The van der Waals surface area contributed by atoms with Gasteiger partial charge < -0.3 is 4.74 Å². The van der Waals surface area contributed by atoms with Gasteiger partial charge in [-0.2, -0.15) is 5.26 Å². The lowest BCUT2D eigenvalue weighted by molar-refractivity contribution is 0.230. The topological polar surface area (TPSA) is 92.9 Å². The first-order valence-electron chi connectivity index (χ1n) is 8.05. The van der Waals surface area contributed by atoms with E-state index in [4.69, 9.17) is 4.74 Å². The third kappa shape index (κ3) is 3.37. The lowest BCUT2D eigenvalue weighted by atomic mass is 10.2. The number of aromatic nitrogens is 2. The zero-order chi connectivity index (χ0) is 18.7. The number of hydrogen-bond donors (Lipinski definition) is 0. The largest absolute Gasteiger partial charge is 0.474 e. The number of para-hydroxylation sites is 2. The summed E-state index contributed by atoms with van der Waals surface area (Å²) < 4.78 is 31.7. The van der Waals surface area contributed by atoms with E-state index >= 15 is 0 Å². The molecule has 6 nitrogen and oxygen atoms in total. The summed E-state index contributed by atoms with van der Waals surface area (Å²) in [4.78, 5) is 8.85. The summed E-state index contributed by atoms with van der Waals surface area (Å²) in [5, 5.41) is 8.14. The molecule has 0 radical (unpaired) electrons. The van der Waals surface area contributed by atoms with Gasteiger partial charge in [0.15, 0.2) is 5.25 Å². The van der Waals surface area contributed by atoms with Gasteiger partial charge in [0.1, 0.15) is 5.69 Å². The minimum Gasteiger partial charge on any atom is -0.474 e. The number of sulfone groups is 1. The molecule has 0 saturated carbocycles. The van der Waals surface area contributed by atoms with Crippen molar-refractivity contribution >= 4 is 20.9 Å². The fourth-order valence-corrected chi connectivity index (χ4v) is 3.90. The van der Waals surface area contributed by atoms with Crippen LogP contribution in [0.15, 0.2) is 59.5 Å². The minimum atomic E-state index is -3.97. The molecule has 0 unspecified atom stereocenters. The second kappa shape index (κ2) is 7.10. The Morgan fingerprint density at radius 2 is 1.54 bits per heavy atom. The Morgan fingerprint density at radius 1 is 0.962 bits per heavy atom. The normalized spacial score (nSPS) is 12.7. The number of fused-ring (bicyclic) bond motifs is 1. The highest BCUT2D eigenvalue weighted by molar-refractivity contribution is 7.92. The number of nitrogens with zero attached hydrogens (tertiary/aromatic N) is 3. The van der Waals surface area contributed by atoms with Crippen molar-refractivity contribution in [2.75, 3.05) is 0 Å². The molecule has 1 heterocycles. The molecule has 0 aliphatic heterocycles. The van der Waals surface area contributed by atoms with Crippen LogP contribution in [0, 0.1) is 11.3 Å². The molecule has 3 aromatic rings. The lowest BCUT2D eigenvalue weighted by Crippen LogP contribution is -2.18. The maximum Gasteiger partial charge on any atom is 0.239 e. The molecule has 132 valence electrons. The molecule has 26 heavy (non-hydrogen) atoms. The fraction of sp³-hybridized carbons (Fsp3) is 0.211. The molecular formula is C19H17N3O3S. The molecule has 0 aliphatic carbocycles. The number of nitriles is 1. The molecule has 0 saturated heterocycles. The summed E-state index contributed by atoms with van der Waals surface area (Å²) in [6, 6.07) is 16.8. The van der Waals surface area contributed by atoms with Crippen LogP contribution in [-0.2, 0) is 9.84 Å². The highest BCUT2D eigenvalue weighted by Gasteiger charge is 2.34. The van der Waals surface area contributed by atoms with Gasteiger partial charge in [-0.15, -0.1) is 0 Å². The number of hydrogen-bond acceptors (Lipinski definition) is 6. The SMILES string of the molecule is CC(C)Oc1nc2ccccc2nc1[C@@H](C#N)S(=O)(=O)c1ccccc1. The van der Waals surface area contributed by atoms with Gasteiger partial charge in [-0.05, 0) is 38.1 Å². The fourth-order valence-electron chi connectivity index (χ4n) is 2.50. The lowest BCUT2D eigenvalue weighted by Gasteiger charge is -2.17. The molecule has 0 fully saturated rings. The van der Waals surface area contributed by atoms with Crippen molar-refractivity contribution in [1.29, 1.82) is 5.26 Å².